The van der Waals surface area contributed by atoms with Crippen molar-refractivity contribution in [2.45, 2.75) is 25.4 Å². The van der Waals surface area contributed by atoms with Crippen LogP contribution in [0.3, 0.4) is 0 Å². The van der Waals surface area contributed by atoms with E-state index in [0.29, 0.717) is 0 Å². The Bertz CT molecular complexity index is 225. The molecule has 0 heterocycles. The van der Waals surface area contributed by atoms with Gasteiger partial charge in [0.15, 0.2) is 0 Å². The van der Waals surface area contributed by atoms with Crippen molar-refractivity contribution in [3.63, 3.8) is 0 Å². The number of ether oxygens (including phenoxy) is 2. The molecule has 0 radical (unpaired) electrons. The molecular formula is C6H6F6O3. The predicted octanol–water partition coefficient (Wildman–Crippen LogP) is 2.65. The van der Waals surface area contributed by atoms with Crippen molar-refractivity contribution >= 4 is 6.16 Å². The molecule has 0 N–H and O–H groups in total. The van der Waals surface area contributed by atoms with Gasteiger partial charge in [0.25, 0.3) is 6.17 Å². The molecule has 0 aliphatic carbocycles. The summed E-state index contributed by atoms with van der Waals surface area (Å²) in [6.07, 6.45) is -17.8. The summed E-state index contributed by atoms with van der Waals surface area (Å²) < 4.78 is 77.7. The minimum atomic E-state index is -5.82. The van der Waals surface area contributed by atoms with Gasteiger partial charge in [-0.05, 0) is 6.92 Å². The first-order chi connectivity index (χ1) is 6.61. The van der Waals surface area contributed by atoms with Gasteiger partial charge in [0.05, 0.1) is 6.61 Å². The van der Waals surface area contributed by atoms with E-state index in [4.69, 9.17) is 0 Å². The maximum absolute atomic E-state index is 12.3. The van der Waals surface area contributed by atoms with Crippen molar-refractivity contribution in [3.8, 4) is 0 Å². The molecule has 0 aromatic heterocycles. The van der Waals surface area contributed by atoms with E-state index in [1.165, 1.54) is 6.92 Å². The number of halogens is 6. The Balaban J connectivity index is 4.48. The number of hydrogen-bond acceptors (Lipinski definition) is 3. The molecule has 0 amide bonds. The van der Waals surface area contributed by atoms with Gasteiger partial charge in [0.2, 0.25) is 0 Å². The molecule has 0 aromatic rings. The summed E-state index contributed by atoms with van der Waals surface area (Å²) >= 11 is 0. The van der Waals surface area contributed by atoms with Gasteiger partial charge in [0.1, 0.15) is 0 Å². The molecule has 90 valence electrons. The van der Waals surface area contributed by atoms with Crippen LogP contribution in [0.25, 0.3) is 0 Å². The number of carbonyl (C=O) groups excluding carboxylic acids is 1. The fourth-order valence-electron chi connectivity index (χ4n) is 0.501. The highest BCUT2D eigenvalue weighted by Gasteiger charge is 2.60. The highest BCUT2D eigenvalue weighted by molar-refractivity contribution is 5.60. The lowest BCUT2D eigenvalue weighted by atomic mass is 10.3. The van der Waals surface area contributed by atoms with Gasteiger partial charge < -0.3 is 9.47 Å². The van der Waals surface area contributed by atoms with Crippen LogP contribution < -0.4 is 0 Å². The van der Waals surface area contributed by atoms with Crippen LogP contribution in [-0.2, 0) is 9.47 Å². The first-order valence-corrected chi connectivity index (χ1v) is 3.55. The summed E-state index contributed by atoms with van der Waals surface area (Å²) in [6.45, 7) is 0.813. The molecule has 0 saturated carbocycles. The molecule has 15 heavy (non-hydrogen) atoms. The van der Waals surface area contributed by atoms with Crippen LogP contribution >= 0.6 is 0 Å². The average Bonchev–Trinajstić information content (AvgIpc) is 2.00. The van der Waals surface area contributed by atoms with Crippen molar-refractivity contribution in [1.29, 1.82) is 0 Å². The third kappa shape index (κ3) is 4.26. The lowest BCUT2D eigenvalue weighted by molar-refractivity contribution is -0.318. The zero-order valence-electron chi connectivity index (χ0n) is 7.28. The zero-order chi connectivity index (χ0) is 12.3. The minimum Gasteiger partial charge on any atom is -0.434 e. The molecule has 0 bridgehead atoms. The van der Waals surface area contributed by atoms with E-state index in [9.17, 15) is 31.1 Å². The first kappa shape index (κ1) is 13.8. The number of alkyl halides is 6. The molecule has 9 heteroatoms. The Labute approximate surface area is 79.9 Å². The van der Waals surface area contributed by atoms with Crippen molar-refractivity contribution in [3.05, 3.63) is 0 Å². The predicted molar refractivity (Wildman–Crippen MR) is 34.0 cm³/mol. The van der Waals surface area contributed by atoms with Gasteiger partial charge in [-0.25, -0.2) is 9.18 Å². The molecule has 1 unspecified atom stereocenters. The third-order valence-corrected chi connectivity index (χ3v) is 1.06. The Hall–Kier alpha value is -1.15. The van der Waals surface area contributed by atoms with Crippen molar-refractivity contribution < 1.29 is 40.6 Å². The van der Waals surface area contributed by atoms with Gasteiger partial charge in [-0.2, -0.15) is 22.0 Å². The van der Waals surface area contributed by atoms with Gasteiger partial charge >= 0.3 is 18.4 Å². The fourth-order valence-corrected chi connectivity index (χ4v) is 0.501. The Kier molecular flexibility index (Phi) is 4.23. The van der Waals surface area contributed by atoms with E-state index in [-0.39, 0.29) is 0 Å². The largest absolute Gasteiger partial charge is 0.513 e. The van der Waals surface area contributed by atoms with Crippen LogP contribution in [0.1, 0.15) is 6.92 Å². The van der Waals surface area contributed by atoms with Gasteiger partial charge in [-0.1, -0.05) is 0 Å². The second-order valence-corrected chi connectivity index (χ2v) is 2.25. The van der Waals surface area contributed by atoms with Crippen LogP contribution in [0.2, 0.25) is 0 Å². The smallest absolute Gasteiger partial charge is 0.434 e. The summed E-state index contributed by atoms with van der Waals surface area (Å²) in [7, 11) is 0. The number of rotatable bonds is 3. The maximum Gasteiger partial charge on any atom is 0.513 e. The molecule has 0 aliphatic rings. The highest BCUT2D eigenvalue weighted by Crippen LogP contribution is 2.35. The molecular weight excluding hydrogens is 234 g/mol. The van der Waals surface area contributed by atoms with Crippen LogP contribution in [-0.4, -0.2) is 31.2 Å². The summed E-state index contributed by atoms with van der Waals surface area (Å²) in [5.74, 6) is 0. The van der Waals surface area contributed by atoms with Crippen LogP contribution in [0.5, 0.6) is 0 Å². The second-order valence-electron chi connectivity index (χ2n) is 2.25. The molecule has 3 nitrogen and oxygen atoms in total. The SMILES string of the molecule is CCOC(=O)OC(F)(F)C(F)C(F)(F)F. The molecule has 0 saturated heterocycles. The topological polar surface area (TPSA) is 35.5 Å². The van der Waals surface area contributed by atoms with E-state index in [0.717, 1.165) is 0 Å². The monoisotopic (exact) mass is 240 g/mol. The highest BCUT2D eigenvalue weighted by atomic mass is 19.4. The summed E-state index contributed by atoms with van der Waals surface area (Å²) in [6, 6.07) is 0. The van der Waals surface area contributed by atoms with Crippen LogP contribution in [0.15, 0.2) is 0 Å². The molecule has 0 fully saturated rings. The molecule has 1 atom stereocenters. The van der Waals surface area contributed by atoms with Crippen molar-refractivity contribution in [2.24, 2.45) is 0 Å². The standard InChI is InChI=1S/C6H6F6O3/c1-2-14-4(13)15-6(11,12)3(7)5(8,9)10/h3H,2H2,1H3. The quantitative estimate of drug-likeness (QED) is 0.562. The molecule has 0 aromatic carbocycles. The minimum absolute atomic E-state index is 0.391. The Morgan fingerprint density at radius 1 is 1.27 bits per heavy atom. The zero-order valence-corrected chi connectivity index (χ0v) is 7.28. The average molecular weight is 240 g/mol. The normalized spacial score (nSPS) is 14.6. The van der Waals surface area contributed by atoms with E-state index >= 15 is 0 Å². The van der Waals surface area contributed by atoms with E-state index in [1.54, 1.807) is 0 Å². The fraction of sp³-hybridized carbons (Fsp3) is 0.833. The van der Waals surface area contributed by atoms with Crippen molar-refractivity contribution in [2.75, 3.05) is 6.61 Å². The van der Waals surface area contributed by atoms with Crippen LogP contribution in [0, 0.1) is 0 Å². The van der Waals surface area contributed by atoms with Gasteiger partial charge in [0, 0.05) is 0 Å². The summed E-state index contributed by atoms with van der Waals surface area (Å²) in [4.78, 5) is 10.2. The third-order valence-electron chi connectivity index (χ3n) is 1.06. The lowest BCUT2D eigenvalue weighted by Crippen LogP contribution is -2.44. The van der Waals surface area contributed by atoms with E-state index < -0.39 is 31.2 Å². The van der Waals surface area contributed by atoms with E-state index in [1.807, 2.05) is 0 Å². The summed E-state index contributed by atoms with van der Waals surface area (Å²) in [5.41, 5.74) is 0. The second kappa shape index (κ2) is 4.58. The van der Waals surface area contributed by atoms with Crippen LogP contribution in [0.4, 0.5) is 31.1 Å². The van der Waals surface area contributed by atoms with E-state index in [2.05, 4.69) is 9.47 Å². The number of hydrogen-bond donors (Lipinski definition) is 0. The van der Waals surface area contributed by atoms with Gasteiger partial charge in [-0.3, -0.25) is 0 Å². The molecule has 0 rings (SSSR count). The Morgan fingerprint density at radius 2 is 1.73 bits per heavy atom. The first-order valence-electron chi connectivity index (χ1n) is 3.55. The maximum atomic E-state index is 12.3. The Morgan fingerprint density at radius 3 is 2.07 bits per heavy atom. The molecule has 0 spiro atoms. The number of carbonyl (C=O) groups is 1. The van der Waals surface area contributed by atoms with Crippen molar-refractivity contribution in [1.82, 2.24) is 0 Å². The lowest BCUT2D eigenvalue weighted by Gasteiger charge is -2.21. The van der Waals surface area contributed by atoms with Gasteiger partial charge in [-0.15, -0.1) is 0 Å². The summed E-state index contributed by atoms with van der Waals surface area (Å²) in [5, 5.41) is 0. The molecule has 0 aliphatic heterocycles.